The molecule has 0 fully saturated rings. The Labute approximate surface area is 164 Å². The molecule has 0 unspecified atom stereocenters. The normalized spacial score (nSPS) is 11.8. The summed E-state index contributed by atoms with van der Waals surface area (Å²) in [5.41, 5.74) is 1.76. The highest BCUT2D eigenvalue weighted by Crippen LogP contribution is 2.33. The molecule has 0 bridgehead atoms. The van der Waals surface area contributed by atoms with Gasteiger partial charge in [-0.3, -0.25) is 9.55 Å². The van der Waals surface area contributed by atoms with E-state index in [0.717, 1.165) is 0 Å². The van der Waals surface area contributed by atoms with Gasteiger partial charge in [0, 0.05) is 11.5 Å². The molecule has 0 saturated heterocycles. The van der Waals surface area contributed by atoms with Crippen LogP contribution in [-0.2, 0) is 16.6 Å². The van der Waals surface area contributed by atoms with Gasteiger partial charge < -0.3 is 9.47 Å². The van der Waals surface area contributed by atoms with Crippen LogP contribution >= 0.6 is 0 Å². The van der Waals surface area contributed by atoms with Gasteiger partial charge in [-0.25, -0.2) is 18.4 Å². The molecule has 0 aliphatic carbocycles. The van der Waals surface area contributed by atoms with Crippen molar-refractivity contribution in [1.82, 2.24) is 19.7 Å². The molecule has 10 nitrogen and oxygen atoms in total. The summed E-state index contributed by atoms with van der Waals surface area (Å²) in [5, 5.41) is 14.0. The number of ether oxygens (including phenoxy) is 2. The van der Waals surface area contributed by atoms with Gasteiger partial charge in [-0.05, 0) is 23.8 Å². The molecule has 0 aliphatic rings. The van der Waals surface area contributed by atoms with Gasteiger partial charge in [0.15, 0.2) is 17.1 Å². The summed E-state index contributed by atoms with van der Waals surface area (Å²) in [4.78, 5) is 15.2. The lowest BCUT2D eigenvalue weighted by atomic mass is 10.1. The lowest BCUT2D eigenvalue weighted by Crippen LogP contribution is -2.17. The molecule has 0 spiro atoms. The summed E-state index contributed by atoms with van der Waals surface area (Å²) in [7, 11) is -0.745. The second kappa shape index (κ2) is 6.87. The van der Waals surface area contributed by atoms with Crippen molar-refractivity contribution in [2.24, 2.45) is 5.14 Å². The summed E-state index contributed by atoms with van der Waals surface area (Å²) in [6, 6.07) is 9.42. The molecule has 4 rings (SSSR count). The average molecular weight is 415 g/mol. The van der Waals surface area contributed by atoms with Crippen LogP contribution in [0.3, 0.4) is 0 Å². The number of primary sulfonamides is 1. The number of imidazole rings is 1. The van der Waals surface area contributed by atoms with Crippen molar-refractivity contribution in [3.63, 3.8) is 0 Å². The second-order valence-electron chi connectivity index (χ2n) is 6.33. The SMILES string of the molecule is COc1cc2nnc3[nH]c(=O)n(Cc4ccc(S(N)(=O)=O)cc4)c3c2cc1OC. The minimum atomic E-state index is -3.79. The summed E-state index contributed by atoms with van der Waals surface area (Å²) in [6.07, 6.45) is 0. The molecule has 2 aromatic carbocycles. The van der Waals surface area contributed by atoms with Crippen molar-refractivity contribution >= 4 is 32.1 Å². The summed E-state index contributed by atoms with van der Waals surface area (Å²) in [5.74, 6) is 0.990. The zero-order chi connectivity index (χ0) is 20.8. The van der Waals surface area contributed by atoms with E-state index in [1.807, 2.05) is 0 Å². The van der Waals surface area contributed by atoms with Gasteiger partial charge in [-0.15, -0.1) is 10.2 Å². The van der Waals surface area contributed by atoms with E-state index in [-0.39, 0.29) is 17.1 Å². The first-order chi connectivity index (χ1) is 13.8. The van der Waals surface area contributed by atoms with Crippen molar-refractivity contribution in [3.8, 4) is 11.5 Å². The Kier molecular flexibility index (Phi) is 4.47. The summed E-state index contributed by atoms with van der Waals surface area (Å²) >= 11 is 0. The third kappa shape index (κ3) is 3.30. The number of aromatic nitrogens is 4. The van der Waals surface area contributed by atoms with Crippen molar-refractivity contribution in [1.29, 1.82) is 0 Å². The van der Waals surface area contributed by atoms with Crippen LogP contribution in [-0.4, -0.2) is 42.4 Å². The first kappa shape index (κ1) is 18.9. The minimum Gasteiger partial charge on any atom is -0.493 e. The zero-order valence-electron chi connectivity index (χ0n) is 15.5. The highest BCUT2D eigenvalue weighted by atomic mass is 32.2. The number of hydrogen-bond donors (Lipinski definition) is 2. The molecule has 0 radical (unpaired) electrons. The van der Waals surface area contributed by atoms with E-state index in [1.165, 1.54) is 30.9 Å². The van der Waals surface area contributed by atoms with Crippen LogP contribution in [0.5, 0.6) is 11.5 Å². The first-order valence-corrected chi connectivity index (χ1v) is 9.99. The van der Waals surface area contributed by atoms with E-state index in [0.29, 0.717) is 39.1 Å². The number of hydrogen-bond acceptors (Lipinski definition) is 7. The standard InChI is InChI=1S/C18H17N5O5S/c1-27-14-7-12-13(8-15(14)28-2)21-22-17-16(12)23(18(24)20-17)9-10-3-5-11(6-4-10)29(19,25)26/h3-8H,9H2,1-2H3,(H2,19,25,26)(H,20,22,24). The maximum absolute atomic E-state index is 12.6. The Hall–Kier alpha value is -3.44. The second-order valence-corrected chi connectivity index (χ2v) is 7.89. The molecule has 0 amide bonds. The van der Waals surface area contributed by atoms with E-state index in [4.69, 9.17) is 14.6 Å². The van der Waals surface area contributed by atoms with Gasteiger partial charge >= 0.3 is 5.69 Å². The van der Waals surface area contributed by atoms with Gasteiger partial charge in [-0.1, -0.05) is 12.1 Å². The smallest absolute Gasteiger partial charge is 0.328 e. The number of nitrogens with zero attached hydrogens (tertiary/aromatic N) is 3. The van der Waals surface area contributed by atoms with E-state index in [9.17, 15) is 13.2 Å². The van der Waals surface area contributed by atoms with E-state index in [1.54, 1.807) is 24.3 Å². The van der Waals surface area contributed by atoms with Crippen LogP contribution < -0.4 is 20.3 Å². The lowest BCUT2D eigenvalue weighted by molar-refractivity contribution is 0.356. The highest BCUT2D eigenvalue weighted by molar-refractivity contribution is 7.89. The number of fused-ring (bicyclic) bond motifs is 3. The third-order valence-electron chi connectivity index (χ3n) is 4.57. The highest BCUT2D eigenvalue weighted by Gasteiger charge is 2.16. The fraction of sp³-hybridized carbons (Fsp3) is 0.167. The predicted molar refractivity (Wildman–Crippen MR) is 106 cm³/mol. The van der Waals surface area contributed by atoms with Crippen molar-refractivity contribution in [2.75, 3.05) is 14.2 Å². The molecule has 4 aromatic rings. The van der Waals surface area contributed by atoms with Gasteiger partial charge in [0.25, 0.3) is 0 Å². The van der Waals surface area contributed by atoms with Crippen molar-refractivity contribution in [3.05, 3.63) is 52.4 Å². The molecular formula is C18H17N5O5S. The molecule has 0 saturated carbocycles. The maximum atomic E-state index is 12.6. The third-order valence-corrected chi connectivity index (χ3v) is 5.50. The number of sulfonamides is 1. The molecule has 2 aromatic heterocycles. The molecule has 0 aliphatic heterocycles. The molecule has 11 heteroatoms. The number of rotatable bonds is 5. The van der Waals surface area contributed by atoms with Gasteiger partial charge in [0.05, 0.1) is 31.2 Å². The zero-order valence-corrected chi connectivity index (χ0v) is 16.4. The Balaban J connectivity index is 1.89. The van der Waals surface area contributed by atoms with Gasteiger partial charge in [-0.2, -0.15) is 0 Å². The van der Waals surface area contributed by atoms with E-state index in [2.05, 4.69) is 15.2 Å². The van der Waals surface area contributed by atoms with Crippen molar-refractivity contribution < 1.29 is 17.9 Å². The van der Waals surface area contributed by atoms with Crippen LogP contribution in [0.4, 0.5) is 0 Å². The monoisotopic (exact) mass is 415 g/mol. The number of methoxy groups -OCH3 is 2. The largest absolute Gasteiger partial charge is 0.493 e. The van der Waals surface area contributed by atoms with Crippen LogP contribution in [0.25, 0.3) is 22.1 Å². The topological polar surface area (TPSA) is 142 Å². The fourth-order valence-corrected chi connectivity index (χ4v) is 3.68. The number of benzene rings is 2. The minimum absolute atomic E-state index is 0.000622. The van der Waals surface area contributed by atoms with Gasteiger partial charge in [0.2, 0.25) is 10.0 Å². The maximum Gasteiger partial charge on any atom is 0.328 e. The van der Waals surface area contributed by atoms with Gasteiger partial charge in [0.1, 0.15) is 5.52 Å². The van der Waals surface area contributed by atoms with E-state index < -0.39 is 10.0 Å². The summed E-state index contributed by atoms with van der Waals surface area (Å²) < 4.78 is 35.0. The summed E-state index contributed by atoms with van der Waals surface area (Å²) in [6.45, 7) is 0.193. The quantitative estimate of drug-likeness (QED) is 0.495. The molecular weight excluding hydrogens is 398 g/mol. The molecule has 3 N–H and O–H groups in total. The molecule has 0 atom stereocenters. The fourth-order valence-electron chi connectivity index (χ4n) is 3.17. The Morgan fingerprint density at radius 2 is 1.72 bits per heavy atom. The van der Waals surface area contributed by atoms with Crippen LogP contribution in [0.15, 0.2) is 46.1 Å². The Morgan fingerprint density at radius 1 is 1.07 bits per heavy atom. The van der Waals surface area contributed by atoms with Crippen LogP contribution in [0, 0.1) is 0 Å². The number of nitrogens with two attached hydrogens (primary N) is 1. The number of aromatic amines is 1. The predicted octanol–water partition coefficient (Wildman–Crippen LogP) is 0.986. The van der Waals surface area contributed by atoms with Crippen molar-refractivity contribution in [2.45, 2.75) is 11.4 Å². The molecule has 29 heavy (non-hydrogen) atoms. The van der Waals surface area contributed by atoms with Crippen LogP contribution in [0.1, 0.15) is 5.56 Å². The molecule has 150 valence electrons. The number of nitrogens with one attached hydrogen (secondary N) is 1. The molecule has 2 heterocycles. The van der Waals surface area contributed by atoms with Crippen LogP contribution in [0.2, 0.25) is 0 Å². The Bertz CT molecular complexity index is 1390. The first-order valence-electron chi connectivity index (χ1n) is 8.44. The number of H-pyrrole nitrogens is 1. The lowest BCUT2D eigenvalue weighted by Gasteiger charge is -2.10. The van der Waals surface area contributed by atoms with E-state index >= 15 is 0 Å². The average Bonchev–Trinajstić information content (AvgIpc) is 3.02. The Morgan fingerprint density at radius 3 is 2.34 bits per heavy atom.